The molecule has 0 radical (unpaired) electrons. The number of urea groups is 1. The molecule has 8 heteroatoms. The van der Waals surface area contributed by atoms with Crippen LogP contribution >= 0.6 is 34.7 Å². The average Bonchev–Trinajstić information content (AvgIpc) is 2.77. The molecule has 0 bridgehead atoms. The third kappa shape index (κ3) is 6.17. The van der Waals surface area contributed by atoms with E-state index in [0.717, 1.165) is 4.88 Å². The Kier molecular flexibility index (Phi) is 7.04. The molecule has 0 aliphatic carbocycles. The van der Waals surface area contributed by atoms with Gasteiger partial charge >= 0.3 is 12.0 Å². The molecule has 1 aromatic rings. The highest BCUT2D eigenvalue weighted by molar-refractivity contribution is 7.98. The lowest BCUT2D eigenvalue weighted by atomic mass is 10.2. The number of hydrogen-bond acceptors (Lipinski definition) is 4. The molecule has 0 saturated heterocycles. The molecule has 0 unspecified atom stereocenters. The number of carboxylic acids is 1. The molecule has 106 valence electrons. The van der Waals surface area contributed by atoms with Crippen LogP contribution in [-0.4, -0.2) is 35.2 Å². The Balaban J connectivity index is 2.37. The van der Waals surface area contributed by atoms with E-state index in [1.807, 2.05) is 12.3 Å². The molecule has 0 spiro atoms. The van der Waals surface area contributed by atoms with E-state index in [1.165, 1.54) is 23.1 Å². The molecule has 0 aromatic carbocycles. The van der Waals surface area contributed by atoms with Gasteiger partial charge in [-0.25, -0.2) is 9.59 Å². The zero-order valence-corrected chi connectivity index (χ0v) is 12.7. The van der Waals surface area contributed by atoms with E-state index >= 15 is 0 Å². The van der Waals surface area contributed by atoms with Gasteiger partial charge in [-0.15, -0.1) is 11.3 Å². The first-order chi connectivity index (χ1) is 9.02. The summed E-state index contributed by atoms with van der Waals surface area (Å²) in [7, 11) is 0. The van der Waals surface area contributed by atoms with Gasteiger partial charge in [-0.2, -0.15) is 11.8 Å². The van der Waals surface area contributed by atoms with Gasteiger partial charge < -0.3 is 15.7 Å². The monoisotopic (exact) mass is 322 g/mol. The summed E-state index contributed by atoms with van der Waals surface area (Å²) in [6, 6.07) is 2.22. The van der Waals surface area contributed by atoms with Gasteiger partial charge in [-0.05, 0) is 30.6 Å². The number of carboxylic acid groups (broad SMARTS) is 1. The Morgan fingerprint density at radius 3 is 2.79 bits per heavy atom. The van der Waals surface area contributed by atoms with Crippen molar-refractivity contribution in [1.82, 2.24) is 10.6 Å². The molecule has 1 aromatic heterocycles. The highest BCUT2D eigenvalue weighted by Gasteiger charge is 2.19. The zero-order valence-electron chi connectivity index (χ0n) is 10.3. The van der Waals surface area contributed by atoms with Crippen LogP contribution in [0.5, 0.6) is 0 Å². The molecule has 0 fully saturated rings. The number of thioether (sulfide) groups is 1. The summed E-state index contributed by atoms with van der Waals surface area (Å²) in [6.07, 6.45) is 2.29. The van der Waals surface area contributed by atoms with Crippen LogP contribution in [0.3, 0.4) is 0 Å². The Labute approximate surface area is 124 Å². The van der Waals surface area contributed by atoms with E-state index in [-0.39, 0.29) is 0 Å². The minimum absolute atomic E-state index is 0.331. The molecule has 5 nitrogen and oxygen atoms in total. The molecule has 0 saturated carbocycles. The SMILES string of the molecule is CSCC[C@H](NC(=O)NCc1ccc(Cl)s1)C(=O)O. The molecular formula is C11H15ClN2O3S2. The second kappa shape index (κ2) is 8.29. The third-order valence-corrected chi connectivity index (χ3v) is 4.14. The van der Waals surface area contributed by atoms with Crippen molar-refractivity contribution in [3.05, 3.63) is 21.3 Å². The first-order valence-corrected chi connectivity index (χ1v) is 8.12. The Hall–Kier alpha value is -0.920. The van der Waals surface area contributed by atoms with Crippen LogP contribution < -0.4 is 10.6 Å². The van der Waals surface area contributed by atoms with Crippen molar-refractivity contribution >= 4 is 46.7 Å². The molecule has 0 aliphatic rings. The quantitative estimate of drug-likeness (QED) is 0.720. The number of halogens is 1. The van der Waals surface area contributed by atoms with Crippen LogP contribution in [0.25, 0.3) is 0 Å². The smallest absolute Gasteiger partial charge is 0.326 e. The number of aliphatic carboxylic acids is 1. The number of hydrogen-bond donors (Lipinski definition) is 3. The number of carbonyl (C=O) groups excluding carboxylic acids is 1. The minimum atomic E-state index is -1.02. The number of nitrogens with one attached hydrogen (secondary N) is 2. The van der Waals surface area contributed by atoms with Gasteiger partial charge in [-0.3, -0.25) is 0 Å². The van der Waals surface area contributed by atoms with Crippen LogP contribution in [0, 0.1) is 0 Å². The zero-order chi connectivity index (χ0) is 14.3. The van der Waals surface area contributed by atoms with E-state index in [9.17, 15) is 9.59 Å². The second-order valence-electron chi connectivity index (χ2n) is 3.71. The molecule has 3 N–H and O–H groups in total. The fraction of sp³-hybridized carbons (Fsp3) is 0.455. The molecule has 1 heterocycles. The fourth-order valence-corrected chi connectivity index (χ4v) is 2.82. The Morgan fingerprint density at radius 1 is 1.53 bits per heavy atom. The molecule has 1 atom stereocenters. The van der Waals surface area contributed by atoms with Crippen molar-refractivity contribution in [3.8, 4) is 0 Å². The maximum atomic E-state index is 11.6. The third-order valence-electron chi connectivity index (χ3n) is 2.27. The first-order valence-electron chi connectivity index (χ1n) is 5.53. The van der Waals surface area contributed by atoms with E-state index in [1.54, 1.807) is 6.07 Å². The fourth-order valence-electron chi connectivity index (χ4n) is 1.32. The Bertz CT molecular complexity index is 439. The van der Waals surface area contributed by atoms with Crippen molar-refractivity contribution in [1.29, 1.82) is 0 Å². The van der Waals surface area contributed by atoms with Gasteiger partial charge in [0.15, 0.2) is 0 Å². The van der Waals surface area contributed by atoms with Crippen LogP contribution in [0.15, 0.2) is 12.1 Å². The lowest BCUT2D eigenvalue weighted by molar-refractivity contribution is -0.139. The normalized spacial score (nSPS) is 11.9. The number of rotatable bonds is 7. The standard InChI is InChI=1S/C11H15ClN2O3S2/c1-18-5-4-8(10(15)16)14-11(17)13-6-7-2-3-9(12)19-7/h2-3,8H,4-6H2,1H3,(H,15,16)(H2,13,14,17)/t8-/m0/s1. The molecule has 1 rings (SSSR count). The van der Waals surface area contributed by atoms with E-state index in [0.29, 0.717) is 23.1 Å². The lowest BCUT2D eigenvalue weighted by Gasteiger charge is -2.14. The largest absolute Gasteiger partial charge is 0.480 e. The molecular weight excluding hydrogens is 308 g/mol. The maximum absolute atomic E-state index is 11.6. The predicted molar refractivity (Wildman–Crippen MR) is 79.1 cm³/mol. The highest BCUT2D eigenvalue weighted by atomic mass is 35.5. The summed E-state index contributed by atoms with van der Waals surface area (Å²) in [5.74, 6) is -0.346. The van der Waals surface area contributed by atoms with Crippen LogP contribution in [0.1, 0.15) is 11.3 Å². The van der Waals surface area contributed by atoms with Crippen LogP contribution in [-0.2, 0) is 11.3 Å². The van der Waals surface area contributed by atoms with Gasteiger partial charge in [0.25, 0.3) is 0 Å². The summed E-state index contributed by atoms with van der Waals surface area (Å²) >= 11 is 8.68. The van der Waals surface area contributed by atoms with Gasteiger partial charge in [0.05, 0.1) is 10.9 Å². The minimum Gasteiger partial charge on any atom is -0.480 e. The van der Waals surface area contributed by atoms with Gasteiger partial charge in [0, 0.05) is 4.88 Å². The molecule has 19 heavy (non-hydrogen) atoms. The first kappa shape index (κ1) is 16.1. The van der Waals surface area contributed by atoms with E-state index < -0.39 is 18.0 Å². The van der Waals surface area contributed by atoms with Gasteiger partial charge in [0.2, 0.25) is 0 Å². The van der Waals surface area contributed by atoms with Crippen molar-refractivity contribution in [2.75, 3.05) is 12.0 Å². The second-order valence-corrected chi connectivity index (χ2v) is 6.49. The van der Waals surface area contributed by atoms with Crippen molar-refractivity contribution < 1.29 is 14.7 Å². The topological polar surface area (TPSA) is 78.4 Å². The number of carbonyl (C=O) groups is 2. The van der Waals surface area contributed by atoms with Crippen molar-refractivity contribution in [3.63, 3.8) is 0 Å². The lowest BCUT2D eigenvalue weighted by Crippen LogP contribution is -2.46. The number of thiophene rings is 1. The summed E-state index contributed by atoms with van der Waals surface area (Å²) < 4.78 is 0.653. The molecule has 0 aliphatic heterocycles. The average molecular weight is 323 g/mol. The number of amides is 2. The summed E-state index contributed by atoms with van der Waals surface area (Å²) in [5, 5.41) is 14.0. The molecule has 2 amide bonds. The van der Waals surface area contributed by atoms with Crippen LogP contribution in [0.2, 0.25) is 4.34 Å². The summed E-state index contributed by atoms with van der Waals surface area (Å²) in [6.45, 7) is 0.331. The van der Waals surface area contributed by atoms with E-state index in [4.69, 9.17) is 16.7 Å². The predicted octanol–water partition coefficient (Wildman–Crippen LogP) is 2.41. The van der Waals surface area contributed by atoms with Gasteiger partial charge in [0.1, 0.15) is 6.04 Å². The van der Waals surface area contributed by atoms with Gasteiger partial charge in [-0.1, -0.05) is 11.6 Å². The Morgan fingerprint density at radius 2 is 2.26 bits per heavy atom. The summed E-state index contributed by atoms with van der Waals surface area (Å²) in [4.78, 5) is 23.4. The van der Waals surface area contributed by atoms with Crippen LogP contribution in [0.4, 0.5) is 4.79 Å². The maximum Gasteiger partial charge on any atom is 0.326 e. The van der Waals surface area contributed by atoms with Crippen molar-refractivity contribution in [2.24, 2.45) is 0 Å². The highest BCUT2D eigenvalue weighted by Crippen LogP contribution is 2.20. The van der Waals surface area contributed by atoms with Crippen molar-refractivity contribution in [2.45, 2.75) is 19.0 Å². The van der Waals surface area contributed by atoms with E-state index in [2.05, 4.69) is 10.6 Å². The summed E-state index contributed by atoms with van der Waals surface area (Å²) in [5.41, 5.74) is 0.